The third-order valence-electron chi connectivity index (χ3n) is 12.3. The second-order valence-corrected chi connectivity index (χ2v) is 17.2. The lowest BCUT2D eigenvalue weighted by atomic mass is 9.49. The van der Waals surface area contributed by atoms with E-state index in [0.717, 1.165) is 21.7 Å². The molecule has 6 amide bonds. The fourth-order valence-electron chi connectivity index (χ4n) is 9.56. The van der Waals surface area contributed by atoms with Crippen molar-refractivity contribution >= 4 is 52.7 Å². The summed E-state index contributed by atoms with van der Waals surface area (Å²) in [4.78, 5) is 88.8. The molecule has 3 fully saturated rings. The normalized spacial score (nSPS) is 23.4. The van der Waals surface area contributed by atoms with Gasteiger partial charge in [-0.15, -0.1) is 0 Å². The van der Waals surface area contributed by atoms with Crippen molar-refractivity contribution in [1.29, 1.82) is 5.26 Å². The first-order chi connectivity index (χ1) is 27.6. The molecule has 2 saturated heterocycles. The maximum Gasteiger partial charge on any atom is 0.270 e. The average Bonchev–Trinajstić information content (AvgIpc) is 3.70. The van der Waals surface area contributed by atoms with Crippen LogP contribution in [-0.2, 0) is 27.5 Å². The first-order valence-corrected chi connectivity index (χ1v) is 19.7. The number of carbonyl (C=O) groups is 6. The summed E-state index contributed by atoms with van der Waals surface area (Å²) in [6.45, 7) is 11.5. The van der Waals surface area contributed by atoms with Gasteiger partial charge in [0.15, 0.2) is 0 Å². The van der Waals surface area contributed by atoms with E-state index in [9.17, 15) is 34.0 Å². The molecule has 2 aromatic carbocycles. The molecule has 2 N–H and O–H groups in total. The summed E-state index contributed by atoms with van der Waals surface area (Å²) < 4.78 is 6.34. The molecule has 58 heavy (non-hydrogen) atoms. The minimum absolute atomic E-state index is 0.0171. The van der Waals surface area contributed by atoms with Gasteiger partial charge in [0.05, 0.1) is 40.1 Å². The maximum atomic E-state index is 13.4. The Hall–Kier alpha value is -5.85. The van der Waals surface area contributed by atoms with E-state index in [1.165, 1.54) is 0 Å². The van der Waals surface area contributed by atoms with Crippen molar-refractivity contribution in [3.8, 4) is 11.8 Å². The second kappa shape index (κ2) is 14.5. The van der Waals surface area contributed by atoms with Gasteiger partial charge >= 0.3 is 0 Å². The largest absolute Gasteiger partial charge is 0.489 e. The number of nitriles is 1. The number of nitrogens with zero attached hydrogens (tertiary/aromatic N) is 6. The second-order valence-electron chi connectivity index (χ2n) is 16.8. The number of benzene rings is 2. The SMILES string of the molecule is CC1(C)[C@H](NC(=O)c2ccc(N3CCN(C(=O)CN4Cc5cc6c(cc5C4)C(=O)N(C4CCC(=O)NC4=O)C6=O)CC3)cn2)C(C)(C)[C@H]1Oc1ccc(C#N)c(Cl)c1. The standard InChI is InChI=1S/C42H43ClN8O7/c1-41(2)39(42(3,4)40(41)58-27-7-5-23(18-44)30(43)17-27)47-35(54)31-8-6-26(19-45-31)49-11-13-50(14-12-49)34(53)22-48-20-24-15-28-29(16-25(24)21-48)38(57)51(37(28)56)32-9-10-33(52)46-36(32)55/h5-8,15-17,19,32,39-40H,9-14,20-22H2,1-4H3,(H,47,54)(H,46,52,55)/t32?,39-,40-. The van der Waals surface area contributed by atoms with Gasteiger partial charge in [0.2, 0.25) is 17.7 Å². The van der Waals surface area contributed by atoms with Crippen LogP contribution in [0.25, 0.3) is 0 Å². The lowest BCUT2D eigenvalue weighted by Crippen LogP contribution is -2.74. The van der Waals surface area contributed by atoms with Crippen LogP contribution in [0, 0.1) is 22.2 Å². The maximum absolute atomic E-state index is 13.4. The number of fused-ring (bicyclic) bond motifs is 2. The summed E-state index contributed by atoms with van der Waals surface area (Å²) in [6, 6.07) is 12.8. The molecule has 0 radical (unpaired) electrons. The van der Waals surface area contributed by atoms with Crippen LogP contribution < -0.4 is 20.3 Å². The minimum Gasteiger partial charge on any atom is -0.489 e. The van der Waals surface area contributed by atoms with Gasteiger partial charge < -0.3 is 19.9 Å². The number of carbonyl (C=O) groups excluding carboxylic acids is 6. The summed E-state index contributed by atoms with van der Waals surface area (Å²) >= 11 is 6.23. The number of piperazine rings is 1. The number of anilines is 1. The van der Waals surface area contributed by atoms with E-state index in [1.54, 1.807) is 42.6 Å². The van der Waals surface area contributed by atoms with Gasteiger partial charge in [-0.05, 0) is 53.9 Å². The van der Waals surface area contributed by atoms with Crippen LogP contribution >= 0.6 is 11.6 Å². The number of halogens is 1. The van der Waals surface area contributed by atoms with Crippen LogP contribution in [0.5, 0.6) is 5.75 Å². The van der Waals surface area contributed by atoms with Crippen molar-refractivity contribution in [2.75, 3.05) is 37.6 Å². The Morgan fingerprint density at radius 2 is 1.60 bits per heavy atom. The molecule has 1 unspecified atom stereocenters. The van der Waals surface area contributed by atoms with Crippen molar-refractivity contribution in [2.45, 2.75) is 71.8 Å². The van der Waals surface area contributed by atoms with Crippen molar-refractivity contribution in [3.63, 3.8) is 0 Å². The zero-order valence-corrected chi connectivity index (χ0v) is 33.4. The first-order valence-electron chi connectivity index (χ1n) is 19.3. The van der Waals surface area contributed by atoms with Crippen LogP contribution in [0.1, 0.15) is 88.4 Å². The Balaban J connectivity index is 0.816. The summed E-state index contributed by atoms with van der Waals surface area (Å²) in [5, 5.41) is 14.9. The molecule has 4 aliphatic heterocycles. The van der Waals surface area contributed by atoms with Gasteiger partial charge in [-0.2, -0.15) is 5.26 Å². The van der Waals surface area contributed by atoms with Crippen molar-refractivity contribution in [1.82, 2.24) is 30.3 Å². The number of ether oxygens (including phenoxy) is 1. The molecule has 15 nitrogen and oxygen atoms in total. The van der Waals surface area contributed by atoms with Crippen LogP contribution in [0.4, 0.5) is 5.69 Å². The molecule has 0 spiro atoms. The Morgan fingerprint density at radius 3 is 2.17 bits per heavy atom. The van der Waals surface area contributed by atoms with Crippen molar-refractivity contribution in [2.24, 2.45) is 10.8 Å². The predicted molar refractivity (Wildman–Crippen MR) is 210 cm³/mol. The molecular formula is C42H43ClN8O7. The summed E-state index contributed by atoms with van der Waals surface area (Å²) in [6.07, 6.45) is 1.60. The molecule has 1 aliphatic carbocycles. The van der Waals surface area contributed by atoms with Gasteiger partial charge in [0.1, 0.15) is 29.7 Å². The topological polar surface area (TPSA) is 185 Å². The Kier molecular flexibility index (Phi) is 9.76. The van der Waals surface area contributed by atoms with Gasteiger partial charge in [-0.25, -0.2) is 4.98 Å². The molecule has 5 aliphatic rings. The van der Waals surface area contributed by atoms with E-state index in [0.29, 0.717) is 61.3 Å². The highest BCUT2D eigenvalue weighted by Gasteiger charge is 2.64. The number of aromatic nitrogens is 1. The lowest BCUT2D eigenvalue weighted by Gasteiger charge is -2.63. The Morgan fingerprint density at radius 1 is 0.948 bits per heavy atom. The quantitative estimate of drug-likeness (QED) is 0.319. The number of piperidine rings is 1. The molecule has 300 valence electrons. The number of hydrogen-bond donors (Lipinski definition) is 2. The molecule has 1 saturated carbocycles. The summed E-state index contributed by atoms with van der Waals surface area (Å²) in [5.41, 5.74) is 2.87. The molecule has 16 heteroatoms. The zero-order chi connectivity index (χ0) is 41.3. The highest BCUT2D eigenvalue weighted by atomic mass is 35.5. The Labute approximate surface area is 340 Å². The van der Waals surface area contributed by atoms with Crippen LogP contribution in [0.2, 0.25) is 5.02 Å². The number of imide groups is 2. The molecule has 5 heterocycles. The van der Waals surface area contributed by atoms with Crippen LogP contribution in [-0.4, -0.2) is 106 Å². The van der Waals surface area contributed by atoms with E-state index in [4.69, 9.17) is 16.3 Å². The van der Waals surface area contributed by atoms with Crippen LogP contribution in [0.3, 0.4) is 0 Å². The number of nitrogens with one attached hydrogen (secondary N) is 2. The molecule has 3 aromatic rings. The van der Waals surface area contributed by atoms with E-state index in [2.05, 4.69) is 26.6 Å². The first kappa shape index (κ1) is 39.0. The lowest BCUT2D eigenvalue weighted by molar-refractivity contribution is -0.164. The third kappa shape index (κ3) is 6.73. The predicted octanol–water partition coefficient (Wildman–Crippen LogP) is 3.28. The number of pyridine rings is 1. The van der Waals surface area contributed by atoms with E-state index < -0.39 is 40.5 Å². The highest BCUT2D eigenvalue weighted by Crippen LogP contribution is 2.55. The molecule has 1 aromatic heterocycles. The smallest absolute Gasteiger partial charge is 0.270 e. The fourth-order valence-corrected chi connectivity index (χ4v) is 9.78. The van der Waals surface area contributed by atoms with Gasteiger partial charge in [0.25, 0.3) is 17.7 Å². The van der Waals surface area contributed by atoms with E-state index >= 15 is 0 Å². The monoisotopic (exact) mass is 806 g/mol. The minimum atomic E-state index is -1.02. The molecule has 8 rings (SSSR count). The number of hydrogen-bond acceptors (Lipinski definition) is 11. The van der Waals surface area contributed by atoms with E-state index in [-0.39, 0.29) is 54.5 Å². The number of rotatable bonds is 8. The van der Waals surface area contributed by atoms with Crippen molar-refractivity contribution in [3.05, 3.63) is 87.2 Å². The van der Waals surface area contributed by atoms with Crippen LogP contribution in [0.15, 0.2) is 48.7 Å². The third-order valence-corrected chi connectivity index (χ3v) is 12.6. The number of amides is 6. The molecule has 1 atom stereocenters. The summed E-state index contributed by atoms with van der Waals surface area (Å²) in [5.74, 6) is -1.90. The summed E-state index contributed by atoms with van der Waals surface area (Å²) in [7, 11) is 0. The zero-order valence-electron chi connectivity index (χ0n) is 32.6. The Bertz CT molecular complexity index is 2250. The van der Waals surface area contributed by atoms with Gasteiger partial charge in [-0.3, -0.25) is 43.9 Å². The average molecular weight is 807 g/mol. The van der Waals surface area contributed by atoms with Gasteiger partial charge in [-0.1, -0.05) is 39.3 Å². The fraction of sp³-hybridized carbons (Fsp3) is 0.429. The van der Waals surface area contributed by atoms with Crippen molar-refractivity contribution < 1.29 is 33.5 Å². The highest BCUT2D eigenvalue weighted by molar-refractivity contribution is 6.31. The van der Waals surface area contributed by atoms with E-state index in [1.807, 2.05) is 43.6 Å². The molecular weight excluding hydrogens is 764 g/mol. The molecule has 0 bridgehead atoms. The van der Waals surface area contributed by atoms with Gasteiger partial charge in [0, 0.05) is 68.6 Å².